The molecule has 0 aliphatic rings. The van der Waals surface area contributed by atoms with Crippen LogP contribution in [0.15, 0.2) is 16.5 Å². The van der Waals surface area contributed by atoms with Gasteiger partial charge < -0.3 is 10.2 Å². The molecule has 92 valence electrons. The molecule has 0 bridgehead atoms. The van der Waals surface area contributed by atoms with Gasteiger partial charge in [0, 0.05) is 12.8 Å². The van der Waals surface area contributed by atoms with E-state index in [1.807, 2.05) is 0 Å². The lowest BCUT2D eigenvalue weighted by Crippen LogP contribution is -2.14. The molecule has 0 atom stereocenters. The first-order valence-corrected chi connectivity index (χ1v) is 5.36. The van der Waals surface area contributed by atoms with E-state index >= 15 is 0 Å². The predicted octanol–water partition coefficient (Wildman–Crippen LogP) is 0.902. The van der Waals surface area contributed by atoms with Gasteiger partial charge in [0.25, 0.3) is 0 Å². The van der Waals surface area contributed by atoms with Crippen molar-refractivity contribution in [2.24, 2.45) is 5.73 Å². The molecule has 1 aromatic rings. The standard InChI is InChI=1S/C12H15NO4/c1-8(14)6-10-3-5-12(17-10)11(16)4-2-9(15)7-13/h3,5H,2,4,6-7,13H2,1H3. The van der Waals surface area contributed by atoms with Crippen molar-refractivity contribution in [3.05, 3.63) is 23.7 Å². The van der Waals surface area contributed by atoms with Gasteiger partial charge in [-0.1, -0.05) is 0 Å². The van der Waals surface area contributed by atoms with Crippen LogP contribution in [-0.4, -0.2) is 23.9 Å². The first kappa shape index (κ1) is 13.3. The van der Waals surface area contributed by atoms with Crippen molar-refractivity contribution in [2.75, 3.05) is 6.54 Å². The van der Waals surface area contributed by atoms with E-state index in [0.717, 1.165) is 0 Å². The van der Waals surface area contributed by atoms with E-state index in [4.69, 9.17) is 10.2 Å². The molecule has 0 saturated carbocycles. The number of carbonyl (C=O) groups is 3. The second-order valence-corrected chi connectivity index (χ2v) is 3.81. The number of rotatable bonds is 7. The van der Waals surface area contributed by atoms with Crippen LogP contribution in [0.3, 0.4) is 0 Å². The number of nitrogens with two attached hydrogens (primary N) is 1. The van der Waals surface area contributed by atoms with E-state index in [1.54, 1.807) is 6.07 Å². The second kappa shape index (κ2) is 6.10. The summed E-state index contributed by atoms with van der Waals surface area (Å²) in [6.07, 6.45) is 0.385. The zero-order valence-corrected chi connectivity index (χ0v) is 9.69. The zero-order chi connectivity index (χ0) is 12.8. The maximum absolute atomic E-state index is 11.6. The summed E-state index contributed by atoms with van der Waals surface area (Å²) < 4.78 is 5.21. The maximum Gasteiger partial charge on any atom is 0.198 e. The fourth-order valence-corrected chi connectivity index (χ4v) is 1.35. The van der Waals surface area contributed by atoms with Crippen LogP contribution in [0, 0.1) is 0 Å². The number of carbonyl (C=O) groups excluding carboxylic acids is 3. The molecule has 2 N–H and O–H groups in total. The van der Waals surface area contributed by atoms with Crippen LogP contribution in [0.2, 0.25) is 0 Å². The fraction of sp³-hybridized carbons (Fsp3) is 0.417. The summed E-state index contributed by atoms with van der Waals surface area (Å²) in [5, 5.41) is 0. The highest BCUT2D eigenvalue weighted by Gasteiger charge is 2.13. The summed E-state index contributed by atoms with van der Waals surface area (Å²) in [6, 6.07) is 3.12. The quantitative estimate of drug-likeness (QED) is 0.711. The van der Waals surface area contributed by atoms with Gasteiger partial charge in [-0.3, -0.25) is 14.4 Å². The van der Waals surface area contributed by atoms with Gasteiger partial charge in [0.1, 0.15) is 17.3 Å². The van der Waals surface area contributed by atoms with Crippen LogP contribution in [0.4, 0.5) is 0 Å². The smallest absolute Gasteiger partial charge is 0.198 e. The molecule has 0 saturated heterocycles. The summed E-state index contributed by atoms with van der Waals surface area (Å²) in [6.45, 7) is 1.39. The first-order chi connectivity index (χ1) is 8.02. The van der Waals surface area contributed by atoms with Gasteiger partial charge in [0.15, 0.2) is 11.5 Å². The molecule has 0 amide bonds. The van der Waals surface area contributed by atoms with E-state index < -0.39 is 0 Å². The molecule has 0 aromatic carbocycles. The predicted molar refractivity (Wildman–Crippen MR) is 60.7 cm³/mol. The molecule has 0 radical (unpaired) electrons. The Kier molecular flexibility index (Phi) is 4.78. The third-order valence-corrected chi connectivity index (χ3v) is 2.22. The van der Waals surface area contributed by atoms with E-state index in [1.165, 1.54) is 13.0 Å². The first-order valence-electron chi connectivity index (χ1n) is 5.36. The van der Waals surface area contributed by atoms with Gasteiger partial charge in [0.05, 0.1) is 13.0 Å². The molecule has 1 heterocycles. The Morgan fingerprint density at radius 1 is 1.24 bits per heavy atom. The van der Waals surface area contributed by atoms with Crippen molar-refractivity contribution in [1.82, 2.24) is 0 Å². The van der Waals surface area contributed by atoms with Gasteiger partial charge in [0.2, 0.25) is 0 Å². The number of hydrogen-bond donors (Lipinski definition) is 1. The van der Waals surface area contributed by atoms with Crippen molar-refractivity contribution in [2.45, 2.75) is 26.2 Å². The van der Waals surface area contributed by atoms with Crippen LogP contribution in [0.25, 0.3) is 0 Å². The van der Waals surface area contributed by atoms with E-state index in [9.17, 15) is 14.4 Å². The minimum atomic E-state index is -0.249. The summed E-state index contributed by atoms with van der Waals surface area (Å²) in [7, 11) is 0. The zero-order valence-electron chi connectivity index (χ0n) is 9.69. The lowest BCUT2D eigenvalue weighted by atomic mass is 10.1. The monoisotopic (exact) mass is 237 g/mol. The molecule has 0 fully saturated rings. The minimum absolute atomic E-state index is 0.0309. The molecule has 0 aliphatic carbocycles. The number of furan rings is 1. The highest BCUT2D eigenvalue weighted by molar-refractivity contribution is 5.96. The molecular formula is C12H15NO4. The van der Waals surface area contributed by atoms with Crippen LogP contribution >= 0.6 is 0 Å². The number of hydrogen-bond acceptors (Lipinski definition) is 5. The average molecular weight is 237 g/mol. The Labute approximate surface area is 99.0 Å². The third-order valence-electron chi connectivity index (χ3n) is 2.22. The van der Waals surface area contributed by atoms with E-state index in [-0.39, 0.29) is 48.9 Å². The number of Topliss-reactive ketones (excluding diaryl/α,β-unsaturated/α-hetero) is 3. The lowest BCUT2D eigenvalue weighted by Gasteiger charge is -1.96. The van der Waals surface area contributed by atoms with Gasteiger partial charge in [-0.05, 0) is 19.1 Å². The summed E-state index contributed by atoms with van der Waals surface area (Å²) in [4.78, 5) is 33.4. The average Bonchev–Trinajstić information content (AvgIpc) is 2.72. The molecule has 17 heavy (non-hydrogen) atoms. The normalized spacial score (nSPS) is 10.2. The third kappa shape index (κ3) is 4.32. The Morgan fingerprint density at radius 3 is 2.53 bits per heavy atom. The Balaban J connectivity index is 2.54. The minimum Gasteiger partial charge on any atom is -0.458 e. The molecular weight excluding hydrogens is 222 g/mol. The molecule has 5 heteroatoms. The van der Waals surface area contributed by atoms with Crippen molar-refractivity contribution in [3.8, 4) is 0 Å². The molecule has 1 rings (SSSR count). The van der Waals surface area contributed by atoms with Crippen molar-refractivity contribution in [1.29, 1.82) is 0 Å². The van der Waals surface area contributed by atoms with Crippen LogP contribution in [0.1, 0.15) is 36.1 Å². The molecule has 1 aromatic heterocycles. The number of ketones is 3. The Morgan fingerprint density at radius 2 is 1.94 bits per heavy atom. The Hall–Kier alpha value is -1.75. The lowest BCUT2D eigenvalue weighted by molar-refractivity contribution is -0.118. The van der Waals surface area contributed by atoms with Crippen LogP contribution in [0.5, 0.6) is 0 Å². The molecule has 5 nitrogen and oxygen atoms in total. The SMILES string of the molecule is CC(=O)Cc1ccc(C(=O)CCC(=O)CN)o1. The van der Waals surface area contributed by atoms with Crippen LogP contribution < -0.4 is 5.73 Å². The fourth-order valence-electron chi connectivity index (χ4n) is 1.35. The van der Waals surface area contributed by atoms with Gasteiger partial charge in [-0.15, -0.1) is 0 Å². The van der Waals surface area contributed by atoms with Crippen LogP contribution in [-0.2, 0) is 16.0 Å². The maximum atomic E-state index is 11.6. The van der Waals surface area contributed by atoms with E-state index in [2.05, 4.69) is 0 Å². The second-order valence-electron chi connectivity index (χ2n) is 3.81. The largest absolute Gasteiger partial charge is 0.458 e. The molecule has 0 spiro atoms. The van der Waals surface area contributed by atoms with E-state index in [0.29, 0.717) is 5.76 Å². The van der Waals surface area contributed by atoms with Crippen molar-refractivity contribution in [3.63, 3.8) is 0 Å². The summed E-state index contributed by atoms with van der Waals surface area (Å²) >= 11 is 0. The summed E-state index contributed by atoms with van der Waals surface area (Å²) in [5.41, 5.74) is 5.13. The highest BCUT2D eigenvalue weighted by Crippen LogP contribution is 2.12. The van der Waals surface area contributed by atoms with Gasteiger partial charge >= 0.3 is 0 Å². The van der Waals surface area contributed by atoms with Gasteiger partial charge in [-0.25, -0.2) is 0 Å². The van der Waals surface area contributed by atoms with Crippen molar-refractivity contribution >= 4 is 17.3 Å². The Bertz CT molecular complexity index is 433. The summed E-state index contributed by atoms with van der Waals surface area (Å²) in [5.74, 6) is 0.212. The molecule has 0 unspecified atom stereocenters. The molecule has 0 aliphatic heterocycles. The highest BCUT2D eigenvalue weighted by atomic mass is 16.3. The van der Waals surface area contributed by atoms with Crippen molar-refractivity contribution < 1.29 is 18.8 Å². The van der Waals surface area contributed by atoms with Gasteiger partial charge in [-0.2, -0.15) is 0 Å². The topological polar surface area (TPSA) is 90.4 Å².